The summed E-state index contributed by atoms with van der Waals surface area (Å²) in [5.74, 6) is 6.74. The fourth-order valence-corrected chi connectivity index (χ4v) is 5.60. The third kappa shape index (κ3) is 4.24. The lowest BCUT2D eigenvalue weighted by Gasteiger charge is -2.28. The Morgan fingerprint density at radius 1 is 0.545 bits per heavy atom. The van der Waals surface area contributed by atoms with Crippen LogP contribution in [0, 0.1) is 22.9 Å². The Hall–Kier alpha value is -2.01. The molecule has 0 amide bonds. The molecular formula is C20H22Si2. The van der Waals surface area contributed by atoms with Crippen LogP contribution in [0.1, 0.15) is 11.1 Å². The fourth-order valence-electron chi connectivity index (χ4n) is 1.81. The maximum absolute atomic E-state index is 3.60. The first-order chi connectivity index (χ1) is 10.4. The van der Waals surface area contributed by atoms with Crippen molar-refractivity contribution in [3.63, 3.8) is 0 Å². The van der Waals surface area contributed by atoms with E-state index in [1.807, 2.05) is 36.4 Å². The first-order valence-electron chi connectivity index (χ1n) is 7.57. The zero-order valence-corrected chi connectivity index (χ0v) is 15.8. The van der Waals surface area contributed by atoms with Crippen molar-refractivity contribution in [1.82, 2.24) is 0 Å². The Labute approximate surface area is 136 Å². The minimum absolute atomic E-state index is 1.10. The summed E-state index contributed by atoms with van der Waals surface area (Å²) < 4.78 is 0. The van der Waals surface area contributed by atoms with Crippen LogP contribution in [0.4, 0.5) is 0 Å². The summed E-state index contributed by atoms with van der Waals surface area (Å²) in [5, 5.41) is 0. The molecule has 0 atom stereocenters. The largest absolute Gasteiger partial charge is 0.138 e. The molecule has 2 aromatic rings. The number of rotatable bonds is 1. The van der Waals surface area contributed by atoms with Crippen molar-refractivity contribution < 1.29 is 0 Å². The highest BCUT2D eigenvalue weighted by atomic mass is 29.3. The summed E-state index contributed by atoms with van der Waals surface area (Å²) in [4.78, 5) is 0. The molecule has 0 saturated heterocycles. The van der Waals surface area contributed by atoms with Crippen LogP contribution in [0.5, 0.6) is 0 Å². The fraction of sp³-hybridized carbons (Fsp3) is 0.200. The maximum atomic E-state index is 3.60. The molecule has 0 N–H and O–H groups in total. The quantitative estimate of drug-likeness (QED) is 0.530. The van der Waals surface area contributed by atoms with Crippen molar-refractivity contribution in [2.45, 2.75) is 26.2 Å². The SMILES string of the molecule is C[Si](C)(C#Cc1ccccc1)[Si](C)(C)C#Cc1ccccc1. The van der Waals surface area contributed by atoms with Gasteiger partial charge in [-0.25, -0.2) is 0 Å². The Bertz CT molecular complexity index is 669. The molecular weight excluding hydrogens is 296 g/mol. The van der Waals surface area contributed by atoms with Crippen molar-refractivity contribution in [3.05, 3.63) is 71.8 Å². The Morgan fingerprint density at radius 2 is 0.864 bits per heavy atom. The Kier molecular flexibility index (Phi) is 5.09. The van der Waals surface area contributed by atoms with Crippen LogP contribution >= 0.6 is 0 Å². The van der Waals surface area contributed by atoms with E-state index in [0.717, 1.165) is 11.1 Å². The van der Waals surface area contributed by atoms with Gasteiger partial charge in [-0.2, -0.15) is 0 Å². The van der Waals surface area contributed by atoms with E-state index in [9.17, 15) is 0 Å². The van der Waals surface area contributed by atoms with Crippen LogP contribution in [0.2, 0.25) is 26.2 Å². The van der Waals surface area contributed by atoms with E-state index >= 15 is 0 Å². The second-order valence-electron chi connectivity index (χ2n) is 6.48. The molecule has 2 heteroatoms. The monoisotopic (exact) mass is 318 g/mol. The van der Waals surface area contributed by atoms with E-state index in [4.69, 9.17) is 0 Å². The molecule has 0 radical (unpaired) electrons. The molecule has 0 nitrogen and oxygen atoms in total. The van der Waals surface area contributed by atoms with Gasteiger partial charge in [0.05, 0.1) is 0 Å². The molecule has 0 aliphatic carbocycles. The Morgan fingerprint density at radius 3 is 1.18 bits per heavy atom. The second kappa shape index (κ2) is 6.84. The van der Waals surface area contributed by atoms with Gasteiger partial charge < -0.3 is 0 Å². The number of hydrogen-bond donors (Lipinski definition) is 0. The summed E-state index contributed by atoms with van der Waals surface area (Å²) in [6.45, 7) is 9.42. The van der Waals surface area contributed by atoms with Crippen LogP contribution < -0.4 is 0 Å². The number of benzene rings is 2. The molecule has 0 aliphatic rings. The molecule has 0 heterocycles. The first-order valence-corrected chi connectivity index (χ1v) is 14.6. The molecule has 0 aromatic heterocycles. The topological polar surface area (TPSA) is 0 Å². The van der Waals surface area contributed by atoms with Gasteiger partial charge in [-0.1, -0.05) is 74.4 Å². The summed E-state index contributed by atoms with van der Waals surface area (Å²) in [6.07, 6.45) is 0. The molecule has 0 saturated carbocycles. The van der Waals surface area contributed by atoms with Gasteiger partial charge in [0.1, 0.15) is 15.2 Å². The normalized spacial score (nSPS) is 10.9. The van der Waals surface area contributed by atoms with E-state index in [0.29, 0.717) is 0 Å². The van der Waals surface area contributed by atoms with Gasteiger partial charge in [0.25, 0.3) is 0 Å². The number of hydrogen-bond acceptors (Lipinski definition) is 0. The second-order valence-corrected chi connectivity index (χ2v) is 21.0. The summed E-state index contributed by atoms with van der Waals surface area (Å²) >= 11 is 0. The molecule has 0 spiro atoms. The molecule has 110 valence electrons. The van der Waals surface area contributed by atoms with Gasteiger partial charge in [0.15, 0.2) is 0 Å². The lowest BCUT2D eigenvalue weighted by Crippen LogP contribution is -2.53. The van der Waals surface area contributed by atoms with E-state index in [1.165, 1.54) is 0 Å². The highest BCUT2D eigenvalue weighted by Crippen LogP contribution is 2.18. The zero-order valence-electron chi connectivity index (χ0n) is 13.8. The molecule has 0 bridgehead atoms. The van der Waals surface area contributed by atoms with Gasteiger partial charge in [0, 0.05) is 11.1 Å². The predicted molar refractivity (Wildman–Crippen MR) is 102 cm³/mol. The third-order valence-electron chi connectivity index (χ3n) is 4.15. The molecule has 0 unspecified atom stereocenters. The van der Waals surface area contributed by atoms with Crippen LogP contribution in [-0.2, 0) is 0 Å². The molecule has 2 rings (SSSR count). The van der Waals surface area contributed by atoms with E-state index in [2.05, 4.69) is 73.4 Å². The Balaban J connectivity index is 2.24. The van der Waals surface area contributed by atoms with E-state index in [1.54, 1.807) is 0 Å². The van der Waals surface area contributed by atoms with Crippen LogP contribution in [0.25, 0.3) is 0 Å². The molecule has 0 aliphatic heterocycles. The third-order valence-corrected chi connectivity index (χ3v) is 18.9. The van der Waals surface area contributed by atoms with Crippen LogP contribution in [0.15, 0.2) is 60.7 Å². The van der Waals surface area contributed by atoms with Crippen molar-refractivity contribution in [2.75, 3.05) is 0 Å². The lowest BCUT2D eigenvalue weighted by molar-refractivity contribution is 1.65. The summed E-state index contributed by atoms with van der Waals surface area (Å²) in [5.41, 5.74) is 9.40. The average Bonchev–Trinajstić information content (AvgIpc) is 2.53. The van der Waals surface area contributed by atoms with Crippen molar-refractivity contribution >= 4 is 15.2 Å². The predicted octanol–water partition coefficient (Wildman–Crippen LogP) is 4.66. The summed E-state index contributed by atoms with van der Waals surface area (Å²) in [7, 11) is -3.33. The minimum Gasteiger partial charge on any atom is -0.128 e. The molecule has 0 fully saturated rings. The van der Waals surface area contributed by atoms with E-state index in [-0.39, 0.29) is 0 Å². The van der Waals surface area contributed by atoms with Gasteiger partial charge in [-0.15, -0.1) is 11.1 Å². The lowest BCUT2D eigenvalue weighted by atomic mass is 10.2. The zero-order chi connectivity index (χ0) is 16.1. The van der Waals surface area contributed by atoms with E-state index < -0.39 is 15.2 Å². The van der Waals surface area contributed by atoms with Gasteiger partial charge in [-0.05, 0) is 24.3 Å². The minimum atomic E-state index is -1.66. The van der Waals surface area contributed by atoms with Crippen molar-refractivity contribution in [3.8, 4) is 22.9 Å². The van der Waals surface area contributed by atoms with Crippen LogP contribution in [0.3, 0.4) is 0 Å². The highest BCUT2D eigenvalue weighted by Gasteiger charge is 2.39. The average molecular weight is 319 g/mol. The first kappa shape index (κ1) is 16.4. The van der Waals surface area contributed by atoms with Gasteiger partial charge in [0.2, 0.25) is 0 Å². The van der Waals surface area contributed by atoms with Crippen molar-refractivity contribution in [1.29, 1.82) is 0 Å². The standard InChI is InChI=1S/C20H22Si2/c1-21(2,17-15-19-11-7-5-8-12-19)22(3,4)18-16-20-13-9-6-10-14-20/h5-14H,1-4H3. The molecule has 22 heavy (non-hydrogen) atoms. The molecule has 2 aromatic carbocycles. The van der Waals surface area contributed by atoms with Crippen molar-refractivity contribution in [2.24, 2.45) is 0 Å². The smallest absolute Gasteiger partial charge is 0.128 e. The maximum Gasteiger partial charge on any atom is 0.138 e. The van der Waals surface area contributed by atoms with Gasteiger partial charge >= 0.3 is 0 Å². The van der Waals surface area contributed by atoms with Gasteiger partial charge in [-0.3, -0.25) is 0 Å². The highest BCUT2D eigenvalue weighted by molar-refractivity contribution is 7.46. The summed E-state index contributed by atoms with van der Waals surface area (Å²) in [6, 6.07) is 20.5. The van der Waals surface area contributed by atoms with Crippen LogP contribution in [-0.4, -0.2) is 15.2 Å².